The molecule has 0 saturated carbocycles. The molecular formula is C25H26N10O4. The van der Waals surface area contributed by atoms with E-state index in [2.05, 4.69) is 41.4 Å². The zero-order valence-corrected chi connectivity index (χ0v) is 21.4. The van der Waals surface area contributed by atoms with Crippen LogP contribution in [0.25, 0.3) is 0 Å². The molecule has 200 valence electrons. The number of ether oxygens (including phenoxy) is 2. The van der Waals surface area contributed by atoms with E-state index in [0.29, 0.717) is 30.3 Å². The SMILES string of the molecule is CCOc1cc(C2=NN(C(=O)CO/N=C/c3ccc(N/N=C(/C#N)c4nn[nH]n4)cc3)CCC2)ccc1OC. The fraction of sp³-hybridized carbons (Fsp3) is 0.280. The first-order chi connectivity index (χ1) is 19.1. The highest BCUT2D eigenvalue weighted by molar-refractivity contribution is 6.09. The summed E-state index contributed by atoms with van der Waals surface area (Å²) in [6.07, 6.45) is 3.00. The van der Waals surface area contributed by atoms with Crippen LogP contribution in [0.1, 0.15) is 36.7 Å². The zero-order chi connectivity index (χ0) is 27.5. The largest absolute Gasteiger partial charge is 0.493 e. The van der Waals surface area contributed by atoms with Crippen molar-refractivity contribution in [3.8, 4) is 17.6 Å². The third-order valence-electron chi connectivity index (χ3n) is 5.44. The first-order valence-corrected chi connectivity index (χ1v) is 12.0. The van der Waals surface area contributed by atoms with E-state index in [1.54, 1.807) is 31.4 Å². The number of anilines is 1. The van der Waals surface area contributed by atoms with Gasteiger partial charge in [0.1, 0.15) is 6.07 Å². The number of amides is 1. The van der Waals surface area contributed by atoms with Crippen LogP contribution in [0, 0.1) is 11.3 Å². The molecule has 0 fully saturated rings. The number of rotatable bonds is 11. The number of aromatic amines is 1. The van der Waals surface area contributed by atoms with Crippen LogP contribution in [0.4, 0.5) is 5.69 Å². The maximum absolute atomic E-state index is 12.7. The summed E-state index contributed by atoms with van der Waals surface area (Å²) in [4.78, 5) is 17.9. The lowest BCUT2D eigenvalue weighted by Crippen LogP contribution is -2.34. The molecule has 39 heavy (non-hydrogen) atoms. The Morgan fingerprint density at radius 1 is 1.26 bits per heavy atom. The van der Waals surface area contributed by atoms with E-state index in [4.69, 9.17) is 19.6 Å². The lowest BCUT2D eigenvalue weighted by molar-refractivity contribution is -0.136. The lowest BCUT2D eigenvalue weighted by Gasteiger charge is -2.23. The molecule has 14 heteroatoms. The number of carbonyl (C=O) groups is 1. The maximum Gasteiger partial charge on any atom is 0.283 e. The molecule has 2 N–H and O–H groups in total. The van der Waals surface area contributed by atoms with E-state index < -0.39 is 0 Å². The Morgan fingerprint density at radius 2 is 2.10 bits per heavy atom. The van der Waals surface area contributed by atoms with E-state index in [-0.39, 0.29) is 24.1 Å². The molecule has 0 aliphatic carbocycles. The molecule has 2 heterocycles. The number of methoxy groups -OCH3 is 1. The van der Waals surface area contributed by atoms with Crippen LogP contribution in [-0.4, -0.2) is 76.0 Å². The van der Waals surface area contributed by atoms with Crippen LogP contribution in [0.2, 0.25) is 0 Å². The van der Waals surface area contributed by atoms with Crippen molar-refractivity contribution in [1.29, 1.82) is 5.26 Å². The lowest BCUT2D eigenvalue weighted by atomic mass is 10.0. The average Bonchev–Trinajstić information content (AvgIpc) is 3.51. The Balaban J connectivity index is 1.30. The topological polar surface area (TPSA) is 175 Å². The minimum Gasteiger partial charge on any atom is -0.493 e. The molecule has 0 radical (unpaired) electrons. The fourth-order valence-corrected chi connectivity index (χ4v) is 3.57. The summed E-state index contributed by atoms with van der Waals surface area (Å²) in [7, 11) is 1.59. The number of hydrogen-bond donors (Lipinski definition) is 2. The third kappa shape index (κ3) is 7.13. The molecule has 0 bridgehead atoms. The van der Waals surface area contributed by atoms with Crippen LogP contribution in [0.15, 0.2) is 57.8 Å². The molecule has 1 amide bonds. The van der Waals surface area contributed by atoms with Gasteiger partial charge in [-0.15, -0.1) is 10.2 Å². The average molecular weight is 531 g/mol. The van der Waals surface area contributed by atoms with Gasteiger partial charge in [-0.3, -0.25) is 10.2 Å². The predicted molar refractivity (Wildman–Crippen MR) is 142 cm³/mol. The van der Waals surface area contributed by atoms with Crippen molar-refractivity contribution >= 4 is 29.2 Å². The van der Waals surface area contributed by atoms with Gasteiger partial charge in [0.15, 0.2) is 18.1 Å². The molecular weight excluding hydrogens is 504 g/mol. The second-order valence-electron chi connectivity index (χ2n) is 8.02. The Kier molecular flexibility index (Phi) is 9.11. The van der Waals surface area contributed by atoms with Crippen molar-refractivity contribution in [1.82, 2.24) is 25.6 Å². The Morgan fingerprint density at radius 3 is 2.82 bits per heavy atom. The van der Waals surface area contributed by atoms with Crippen LogP contribution in [0.3, 0.4) is 0 Å². The number of tetrazole rings is 1. The molecule has 3 aromatic rings. The van der Waals surface area contributed by atoms with Crippen LogP contribution >= 0.6 is 0 Å². The van der Waals surface area contributed by atoms with Gasteiger partial charge in [0.2, 0.25) is 11.5 Å². The van der Waals surface area contributed by atoms with Gasteiger partial charge in [0, 0.05) is 12.1 Å². The molecule has 4 rings (SSSR count). The summed E-state index contributed by atoms with van der Waals surface area (Å²) in [5, 5.41) is 36.0. The fourth-order valence-electron chi connectivity index (χ4n) is 3.57. The summed E-state index contributed by atoms with van der Waals surface area (Å²) in [6.45, 7) is 2.67. The number of nitrogens with zero attached hydrogens (tertiary/aromatic N) is 8. The molecule has 1 aliphatic rings. The van der Waals surface area contributed by atoms with E-state index >= 15 is 0 Å². The Bertz CT molecular complexity index is 1400. The number of hydrogen-bond acceptors (Lipinski definition) is 12. The van der Waals surface area contributed by atoms with E-state index in [0.717, 1.165) is 29.7 Å². The van der Waals surface area contributed by atoms with Gasteiger partial charge >= 0.3 is 0 Å². The molecule has 14 nitrogen and oxygen atoms in total. The van der Waals surface area contributed by atoms with Crippen molar-refractivity contribution in [3.63, 3.8) is 0 Å². The van der Waals surface area contributed by atoms with Gasteiger partial charge < -0.3 is 14.3 Å². The van der Waals surface area contributed by atoms with Crippen LogP contribution in [-0.2, 0) is 9.63 Å². The van der Waals surface area contributed by atoms with Gasteiger partial charge in [-0.2, -0.15) is 20.7 Å². The van der Waals surface area contributed by atoms with E-state index in [1.165, 1.54) is 11.2 Å². The monoisotopic (exact) mass is 530 g/mol. The smallest absolute Gasteiger partial charge is 0.283 e. The maximum atomic E-state index is 12.7. The summed E-state index contributed by atoms with van der Waals surface area (Å²) >= 11 is 0. The number of H-pyrrole nitrogens is 1. The van der Waals surface area contributed by atoms with Crippen molar-refractivity contribution in [2.45, 2.75) is 19.8 Å². The number of aromatic nitrogens is 4. The van der Waals surface area contributed by atoms with Crippen LogP contribution < -0.4 is 14.9 Å². The van der Waals surface area contributed by atoms with E-state index in [1.807, 2.05) is 31.2 Å². The summed E-state index contributed by atoms with van der Waals surface area (Å²) in [5.41, 5.74) is 5.76. The molecule has 1 aliphatic heterocycles. The normalized spacial score (nSPS) is 13.5. The van der Waals surface area contributed by atoms with Gasteiger partial charge in [0.25, 0.3) is 5.91 Å². The number of hydrazone groups is 2. The standard InChI is InChI=1S/C25H26N10O4/c1-3-38-23-13-18(8-11-22(23)37-2)20-5-4-12-35(32-20)24(36)16-39-27-15-17-6-9-19(10-7-17)28-29-21(14-26)25-30-33-34-31-25/h6-11,13,15,28H,3-5,12,16H2,1-2H3,(H,30,31,33,34)/b27-15+,29-21-. The molecule has 1 aromatic heterocycles. The second-order valence-corrected chi connectivity index (χ2v) is 8.02. The van der Waals surface area contributed by atoms with E-state index in [9.17, 15) is 4.79 Å². The highest BCUT2D eigenvalue weighted by atomic mass is 16.6. The van der Waals surface area contributed by atoms with Crippen molar-refractivity contribution in [2.75, 3.05) is 32.3 Å². The summed E-state index contributed by atoms with van der Waals surface area (Å²) < 4.78 is 11.0. The highest BCUT2D eigenvalue weighted by Gasteiger charge is 2.20. The quantitative estimate of drug-likeness (QED) is 0.278. The highest BCUT2D eigenvalue weighted by Crippen LogP contribution is 2.29. The second kappa shape index (κ2) is 13.3. The first-order valence-electron chi connectivity index (χ1n) is 12.0. The predicted octanol–water partition coefficient (Wildman–Crippen LogP) is 2.32. The van der Waals surface area contributed by atoms with Crippen LogP contribution in [0.5, 0.6) is 11.5 Å². The zero-order valence-electron chi connectivity index (χ0n) is 21.4. The van der Waals surface area contributed by atoms with Crippen molar-refractivity contribution < 1.29 is 19.1 Å². The number of nitrogens with one attached hydrogen (secondary N) is 2. The third-order valence-corrected chi connectivity index (χ3v) is 5.44. The van der Waals surface area contributed by atoms with Gasteiger partial charge in [-0.05, 0) is 60.9 Å². The minimum atomic E-state index is -0.296. The van der Waals surface area contributed by atoms with Gasteiger partial charge in [-0.1, -0.05) is 17.3 Å². The Labute approximate surface area is 223 Å². The molecule has 2 aromatic carbocycles. The molecule has 0 unspecified atom stereocenters. The summed E-state index contributed by atoms with van der Waals surface area (Å²) in [5.74, 6) is 1.07. The number of benzene rings is 2. The molecule has 0 saturated heterocycles. The number of carbonyl (C=O) groups excluding carboxylic acids is 1. The van der Waals surface area contributed by atoms with Crippen molar-refractivity contribution in [2.24, 2.45) is 15.4 Å². The number of nitriles is 1. The van der Waals surface area contributed by atoms with Crippen molar-refractivity contribution in [3.05, 3.63) is 59.4 Å². The minimum absolute atomic E-state index is 0.0168. The molecule has 0 atom stereocenters. The summed E-state index contributed by atoms with van der Waals surface area (Å²) in [6, 6.07) is 14.5. The van der Waals surface area contributed by atoms with Gasteiger partial charge in [0.05, 0.1) is 31.3 Å². The van der Waals surface area contributed by atoms with Gasteiger partial charge in [-0.25, -0.2) is 5.01 Å². The molecule has 0 spiro atoms. The Hall–Kier alpha value is -5.32. The first kappa shape index (κ1) is 26.7. The number of oxime groups is 1.